The molecule has 7 heteroatoms. The number of aromatic nitrogens is 1. The van der Waals surface area contributed by atoms with Crippen LogP contribution in [-0.2, 0) is 9.53 Å². The van der Waals surface area contributed by atoms with Gasteiger partial charge in [-0.2, -0.15) is 0 Å². The van der Waals surface area contributed by atoms with Crippen molar-refractivity contribution in [2.75, 3.05) is 6.61 Å². The van der Waals surface area contributed by atoms with E-state index in [2.05, 4.69) is 10.3 Å². The van der Waals surface area contributed by atoms with Gasteiger partial charge in [-0.1, -0.05) is 54.6 Å². The fourth-order valence-electron chi connectivity index (χ4n) is 4.23. The van der Waals surface area contributed by atoms with Gasteiger partial charge >= 0.3 is 5.97 Å². The zero-order valence-electron chi connectivity index (χ0n) is 19.5. The summed E-state index contributed by atoms with van der Waals surface area (Å²) in [5.41, 5.74) is 4.86. The first-order chi connectivity index (χ1) is 17.0. The van der Waals surface area contributed by atoms with E-state index in [0.717, 1.165) is 16.8 Å². The maximum absolute atomic E-state index is 13.4. The molecule has 2 heterocycles. The van der Waals surface area contributed by atoms with E-state index in [1.807, 2.05) is 61.5 Å². The van der Waals surface area contributed by atoms with E-state index in [1.165, 1.54) is 12.1 Å². The molecule has 0 radical (unpaired) electrons. The number of nitro benzene ring substituents is 1. The van der Waals surface area contributed by atoms with Crippen LogP contribution in [0.2, 0.25) is 0 Å². The molecule has 1 N–H and O–H groups in total. The Morgan fingerprint density at radius 1 is 1.06 bits per heavy atom. The van der Waals surface area contributed by atoms with Gasteiger partial charge in [0.25, 0.3) is 5.69 Å². The Labute approximate surface area is 203 Å². The number of hydrogen-bond donors (Lipinski definition) is 1. The van der Waals surface area contributed by atoms with Crippen LogP contribution >= 0.6 is 0 Å². The molecule has 7 nitrogen and oxygen atoms in total. The first-order valence-electron chi connectivity index (χ1n) is 11.2. The predicted molar refractivity (Wildman–Crippen MR) is 135 cm³/mol. The Morgan fingerprint density at radius 3 is 2.54 bits per heavy atom. The molecular formula is C28H25N3O4. The van der Waals surface area contributed by atoms with Crippen molar-refractivity contribution in [3.63, 3.8) is 0 Å². The van der Waals surface area contributed by atoms with Crippen LogP contribution in [0, 0.1) is 10.1 Å². The molecule has 1 aliphatic rings. The highest BCUT2D eigenvalue weighted by atomic mass is 16.6. The van der Waals surface area contributed by atoms with E-state index in [4.69, 9.17) is 4.74 Å². The quantitative estimate of drug-likeness (QED) is 0.275. The lowest BCUT2D eigenvalue weighted by atomic mass is 9.79. The molecule has 0 spiro atoms. The summed E-state index contributed by atoms with van der Waals surface area (Å²) in [6.07, 6.45) is 5.34. The van der Waals surface area contributed by atoms with Crippen LogP contribution in [0.4, 0.5) is 5.69 Å². The fourth-order valence-corrected chi connectivity index (χ4v) is 4.23. The molecule has 176 valence electrons. The molecule has 3 aromatic rings. The Bertz CT molecular complexity index is 1330. The number of benzene rings is 2. The number of pyridine rings is 1. The maximum atomic E-state index is 13.4. The summed E-state index contributed by atoms with van der Waals surface area (Å²) in [7, 11) is 0. The molecule has 0 fully saturated rings. The highest BCUT2D eigenvalue weighted by Crippen LogP contribution is 2.43. The third kappa shape index (κ3) is 5.35. The van der Waals surface area contributed by atoms with E-state index in [-0.39, 0.29) is 12.3 Å². The normalized spacial score (nSPS) is 15.8. The van der Waals surface area contributed by atoms with E-state index in [1.54, 1.807) is 31.3 Å². The molecular weight excluding hydrogens is 442 g/mol. The van der Waals surface area contributed by atoms with Gasteiger partial charge in [0.15, 0.2) is 0 Å². The third-order valence-corrected chi connectivity index (χ3v) is 5.76. The molecule has 1 aliphatic heterocycles. The van der Waals surface area contributed by atoms with Gasteiger partial charge in [-0.05, 0) is 43.2 Å². The molecule has 1 unspecified atom stereocenters. The van der Waals surface area contributed by atoms with Crippen LogP contribution in [-0.4, -0.2) is 22.5 Å². The van der Waals surface area contributed by atoms with Gasteiger partial charge in [-0.15, -0.1) is 0 Å². The summed E-state index contributed by atoms with van der Waals surface area (Å²) in [6, 6.07) is 21.6. The second kappa shape index (κ2) is 10.6. The molecule has 0 saturated carbocycles. The van der Waals surface area contributed by atoms with E-state index in [0.29, 0.717) is 22.5 Å². The number of ether oxygens (including phenoxy) is 1. The number of nitrogens with zero attached hydrogens (tertiary/aromatic N) is 2. The predicted octanol–water partition coefficient (Wildman–Crippen LogP) is 5.64. The smallest absolute Gasteiger partial charge is 0.337 e. The second-order valence-corrected chi connectivity index (χ2v) is 8.11. The molecule has 0 amide bonds. The van der Waals surface area contributed by atoms with Crippen molar-refractivity contribution in [3.05, 3.63) is 129 Å². The summed E-state index contributed by atoms with van der Waals surface area (Å²) in [6.45, 7) is 3.80. The highest BCUT2D eigenvalue weighted by Gasteiger charge is 2.35. The average molecular weight is 468 g/mol. The molecule has 0 aliphatic carbocycles. The van der Waals surface area contributed by atoms with Gasteiger partial charge in [-0.25, -0.2) is 4.79 Å². The summed E-state index contributed by atoms with van der Waals surface area (Å²) >= 11 is 0. The molecule has 0 bridgehead atoms. The Balaban J connectivity index is 1.70. The highest BCUT2D eigenvalue weighted by molar-refractivity contribution is 5.97. The Hall–Kier alpha value is -4.52. The number of dihydropyridines is 1. The van der Waals surface area contributed by atoms with Gasteiger partial charge in [0, 0.05) is 41.2 Å². The van der Waals surface area contributed by atoms with Crippen LogP contribution in [0.5, 0.6) is 0 Å². The monoisotopic (exact) mass is 467 g/mol. The lowest BCUT2D eigenvalue weighted by molar-refractivity contribution is -0.384. The van der Waals surface area contributed by atoms with Crippen LogP contribution in [0.1, 0.15) is 36.6 Å². The van der Waals surface area contributed by atoms with Crippen molar-refractivity contribution < 1.29 is 14.5 Å². The lowest BCUT2D eigenvalue weighted by Crippen LogP contribution is -2.29. The molecule has 35 heavy (non-hydrogen) atoms. The summed E-state index contributed by atoms with van der Waals surface area (Å²) in [5.74, 6) is -1.08. The summed E-state index contributed by atoms with van der Waals surface area (Å²) in [5, 5.41) is 14.8. The molecule has 2 aromatic carbocycles. The van der Waals surface area contributed by atoms with Crippen molar-refractivity contribution >= 4 is 23.3 Å². The summed E-state index contributed by atoms with van der Waals surface area (Å²) < 4.78 is 5.62. The topological polar surface area (TPSA) is 94.4 Å². The zero-order chi connectivity index (χ0) is 24.8. The molecule has 4 rings (SSSR count). The average Bonchev–Trinajstić information content (AvgIpc) is 2.87. The Kier molecular flexibility index (Phi) is 7.16. The minimum atomic E-state index is -0.586. The molecule has 1 atom stereocenters. The molecule has 0 saturated heterocycles. The van der Waals surface area contributed by atoms with Gasteiger partial charge in [-0.3, -0.25) is 15.1 Å². The van der Waals surface area contributed by atoms with Crippen LogP contribution in [0.3, 0.4) is 0 Å². The van der Waals surface area contributed by atoms with Crippen molar-refractivity contribution in [1.29, 1.82) is 0 Å². The number of non-ortho nitro benzene ring substituents is 1. The third-order valence-electron chi connectivity index (χ3n) is 5.76. The lowest BCUT2D eigenvalue weighted by Gasteiger charge is -2.31. The van der Waals surface area contributed by atoms with E-state index >= 15 is 0 Å². The van der Waals surface area contributed by atoms with E-state index in [9.17, 15) is 14.9 Å². The SMILES string of the molecule is CC1=C(C(=O)OCC=Cc2ccccc2)C(c2cccc([N+](=O)[O-])c2)C(c2ccccn2)=C(C)N1. The zero-order valence-corrected chi connectivity index (χ0v) is 19.5. The molecule has 1 aromatic heterocycles. The Morgan fingerprint density at radius 2 is 1.83 bits per heavy atom. The van der Waals surface area contributed by atoms with E-state index < -0.39 is 16.8 Å². The standard InChI is InChI=1S/C28H25N3O4/c1-19-25(24-15-6-7-16-29-24)27(22-13-8-14-23(18-22)31(33)34)26(20(2)30-19)28(32)35-17-9-12-21-10-4-3-5-11-21/h3-16,18,27,30H,17H2,1-2H3. The van der Waals surface area contributed by atoms with Gasteiger partial charge in [0.1, 0.15) is 6.61 Å². The van der Waals surface area contributed by atoms with Crippen molar-refractivity contribution in [2.45, 2.75) is 19.8 Å². The van der Waals surface area contributed by atoms with Crippen LogP contribution in [0.15, 0.2) is 102 Å². The first-order valence-corrected chi connectivity index (χ1v) is 11.2. The number of carbonyl (C=O) groups excluding carboxylic acids is 1. The van der Waals surface area contributed by atoms with Crippen LogP contribution < -0.4 is 5.32 Å². The maximum Gasteiger partial charge on any atom is 0.337 e. The van der Waals surface area contributed by atoms with Gasteiger partial charge in [0.2, 0.25) is 0 Å². The minimum Gasteiger partial charge on any atom is -0.458 e. The van der Waals surface area contributed by atoms with Crippen molar-refractivity contribution in [3.8, 4) is 0 Å². The second-order valence-electron chi connectivity index (χ2n) is 8.11. The largest absolute Gasteiger partial charge is 0.458 e. The number of carbonyl (C=O) groups is 1. The fraction of sp³-hybridized carbons (Fsp3) is 0.143. The minimum absolute atomic E-state index is 0.0461. The number of hydrogen-bond acceptors (Lipinski definition) is 6. The van der Waals surface area contributed by atoms with Crippen molar-refractivity contribution in [1.82, 2.24) is 10.3 Å². The first kappa shape index (κ1) is 23.6. The number of nitrogens with one attached hydrogen (secondary N) is 1. The number of rotatable bonds is 7. The summed E-state index contributed by atoms with van der Waals surface area (Å²) in [4.78, 5) is 28.9. The van der Waals surface area contributed by atoms with Gasteiger partial charge in [0.05, 0.1) is 16.2 Å². The number of esters is 1. The van der Waals surface area contributed by atoms with Crippen molar-refractivity contribution in [2.24, 2.45) is 0 Å². The number of allylic oxidation sites excluding steroid dienone is 3. The van der Waals surface area contributed by atoms with Crippen LogP contribution in [0.25, 0.3) is 11.6 Å². The van der Waals surface area contributed by atoms with Gasteiger partial charge < -0.3 is 10.1 Å². The number of nitro groups is 1.